The quantitative estimate of drug-likeness (QED) is 0.225. The van der Waals surface area contributed by atoms with Gasteiger partial charge in [-0.2, -0.15) is 5.26 Å². The number of hydrogen-bond donors (Lipinski definition) is 0. The number of hydrogen-bond acceptors (Lipinski definition) is 7. The van der Waals surface area contributed by atoms with Crippen LogP contribution in [0.15, 0.2) is 42.5 Å². The van der Waals surface area contributed by atoms with E-state index in [4.69, 9.17) is 14.2 Å². The first-order valence-corrected chi connectivity index (χ1v) is 8.31. The monoisotopic (exact) mass is 382 g/mol. The molecule has 0 aliphatic rings. The summed E-state index contributed by atoms with van der Waals surface area (Å²) in [5, 5.41) is 20.2. The Labute approximate surface area is 161 Å². The van der Waals surface area contributed by atoms with Crippen LogP contribution in [0, 0.1) is 21.4 Å². The summed E-state index contributed by atoms with van der Waals surface area (Å²) in [7, 11) is 1.46. The molecule has 8 nitrogen and oxygen atoms in total. The highest BCUT2D eigenvalue weighted by Gasteiger charge is 2.10. The average Bonchev–Trinajstić information content (AvgIpc) is 2.71. The van der Waals surface area contributed by atoms with Gasteiger partial charge in [-0.25, -0.2) is 4.79 Å². The van der Waals surface area contributed by atoms with Crippen LogP contribution in [0.3, 0.4) is 0 Å². The van der Waals surface area contributed by atoms with E-state index in [1.807, 2.05) is 0 Å². The number of carbonyl (C=O) groups excluding carboxylic acids is 1. The normalized spacial score (nSPS) is 10.7. The molecule has 2 aromatic rings. The number of non-ortho nitro benzene ring substituents is 1. The van der Waals surface area contributed by atoms with Crippen molar-refractivity contribution in [2.24, 2.45) is 0 Å². The molecule has 0 N–H and O–H groups in total. The Kier molecular flexibility index (Phi) is 7.11. The molecule has 0 radical (unpaired) electrons. The van der Waals surface area contributed by atoms with Crippen molar-refractivity contribution >= 4 is 23.3 Å². The van der Waals surface area contributed by atoms with Gasteiger partial charge in [0, 0.05) is 12.1 Å². The van der Waals surface area contributed by atoms with Gasteiger partial charge in [-0.1, -0.05) is 6.07 Å². The number of esters is 1. The van der Waals surface area contributed by atoms with E-state index >= 15 is 0 Å². The van der Waals surface area contributed by atoms with Crippen molar-refractivity contribution in [1.82, 2.24) is 0 Å². The number of nitrogens with zero attached hydrogens (tertiary/aromatic N) is 2. The SMILES string of the molecule is CCOC(=O)COc1ccc(/C=C(\C#N)c2ccc([N+](=O)[O-])cc2)cc1OC. The van der Waals surface area contributed by atoms with Gasteiger partial charge >= 0.3 is 5.97 Å². The minimum absolute atomic E-state index is 0.0502. The lowest BCUT2D eigenvalue weighted by Gasteiger charge is -2.11. The van der Waals surface area contributed by atoms with Crippen molar-refractivity contribution in [3.05, 3.63) is 63.7 Å². The van der Waals surface area contributed by atoms with Crippen LogP contribution in [0.4, 0.5) is 5.69 Å². The third kappa shape index (κ3) is 5.32. The van der Waals surface area contributed by atoms with E-state index < -0.39 is 10.9 Å². The van der Waals surface area contributed by atoms with Gasteiger partial charge < -0.3 is 14.2 Å². The molecular formula is C20H18N2O6. The Morgan fingerprint density at radius 3 is 2.50 bits per heavy atom. The van der Waals surface area contributed by atoms with Gasteiger partial charge in [0.15, 0.2) is 18.1 Å². The zero-order valence-electron chi connectivity index (χ0n) is 15.4. The molecular weight excluding hydrogens is 364 g/mol. The molecule has 0 aliphatic carbocycles. The number of allylic oxidation sites excluding steroid dienone is 1. The van der Waals surface area contributed by atoms with Crippen LogP contribution < -0.4 is 9.47 Å². The predicted molar refractivity (Wildman–Crippen MR) is 102 cm³/mol. The third-order valence-corrected chi connectivity index (χ3v) is 3.66. The maximum Gasteiger partial charge on any atom is 0.344 e. The lowest BCUT2D eigenvalue weighted by atomic mass is 10.0. The predicted octanol–water partition coefficient (Wildman–Crippen LogP) is 3.61. The number of nitro groups is 1. The molecule has 0 fully saturated rings. The summed E-state index contributed by atoms with van der Waals surface area (Å²) in [5.74, 6) is 0.263. The molecule has 0 amide bonds. The van der Waals surface area contributed by atoms with Crippen molar-refractivity contribution in [1.29, 1.82) is 5.26 Å². The minimum atomic E-state index is -0.501. The summed E-state index contributed by atoms with van der Waals surface area (Å²) >= 11 is 0. The fourth-order valence-corrected chi connectivity index (χ4v) is 2.34. The van der Waals surface area contributed by atoms with Crippen LogP contribution in [0.5, 0.6) is 11.5 Å². The summed E-state index contributed by atoms with van der Waals surface area (Å²) in [6.07, 6.45) is 1.62. The summed E-state index contributed by atoms with van der Waals surface area (Å²) < 4.78 is 15.5. The molecule has 2 aromatic carbocycles. The number of benzene rings is 2. The standard InChI is InChI=1S/C20H18N2O6/c1-3-27-20(23)13-28-18-9-4-14(11-19(18)26-2)10-16(12-21)15-5-7-17(8-6-15)22(24)25/h4-11H,3,13H2,1-2H3/b16-10+. The van der Waals surface area contributed by atoms with E-state index in [0.717, 1.165) is 0 Å². The largest absolute Gasteiger partial charge is 0.493 e. The zero-order valence-corrected chi connectivity index (χ0v) is 15.4. The van der Waals surface area contributed by atoms with Crippen molar-refractivity contribution in [3.63, 3.8) is 0 Å². The fraction of sp³-hybridized carbons (Fsp3) is 0.200. The van der Waals surface area contributed by atoms with E-state index in [2.05, 4.69) is 6.07 Å². The molecule has 0 heterocycles. The van der Waals surface area contributed by atoms with Gasteiger partial charge in [0.1, 0.15) is 0 Å². The molecule has 0 saturated carbocycles. The second kappa shape index (κ2) is 9.73. The zero-order chi connectivity index (χ0) is 20.5. The van der Waals surface area contributed by atoms with Crippen LogP contribution in [0.1, 0.15) is 18.1 Å². The number of carbonyl (C=O) groups is 1. The Bertz CT molecular complexity index is 929. The number of ether oxygens (including phenoxy) is 3. The Morgan fingerprint density at radius 2 is 1.93 bits per heavy atom. The van der Waals surface area contributed by atoms with E-state index in [1.54, 1.807) is 31.2 Å². The van der Waals surface area contributed by atoms with Crippen molar-refractivity contribution < 1.29 is 23.9 Å². The van der Waals surface area contributed by atoms with E-state index in [0.29, 0.717) is 28.2 Å². The maximum absolute atomic E-state index is 11.4. The van der Waals surface area contributed by atoms with Crippen LogP contribution >= 0.6 is 0 Å². The molecule has 0 aromatic heterocycles. The summed E-state index contributed by atoms with van der Waals surface area (Å²) in [4.78, 5) is 21.7. The molecule has 0 bridgehead atoms. The summed E-state index contributed by atoms with van der Waals surface area (Å²) in [6, 6.07) is 12.8. The summed E-state index contributed by atoms with van der Waals surface area (Å²) in [5.41, 5.74) is 1.49. The smallest absolute Gasteiger partial charge is 0.344 e. The number of nitro benzene ring substituents is 1. The lowest BCUT2D eigenvalue weighted by molar-refractivity contribution is -0.384. The van der Waals surface area contributed by atoms with Crippen LogP contribution in [0.2, 0.25) is 0 Å². The molecule has 8 heteroatoms. The van der Waals surface area contributed by atoms with Crippen molar-refractivity contribution in [3.8, 4) is 17.6 Å². The molecule has 0 spiro atoms. The number of rotatable bonds is 8. The van der Waals surface area contributed by atoms with E-state index in [9.17, 15) is 20.2 Å². The fourth-order valence-electron chi connectivity index (χ4n) is 2.34. The van der Waals surface area contributed by atoms with Crippen molar-refractivity contribution in [2.75, 3.05) is 20.3 Å². The van der Waals surface area contributed by atoms with Gasteiger partial charge in [0.25, 0.3) is 5.69 Å². The summed E-state index contributed by atoms with van der Waals surface area (Å²) in [6.45, 7) is 1.73. The molecule has 144 valence electrons. The first kappa shape index (κ1) is 20.5. The Balaban J connectivity index is 2.24. The first-order valence-electron chi connectivity index (χ1n) is 8.31. The minimum Gasteiger partial charge on any atom is -0.493 e. The molecule has 0 aliphatic heterocycles. The van der Waals surface area contributed by atoms with Crippen LogP contribution in [-0.2, 0) is 9.53 Å². The van der Waals surface area contributed by atoms with Gasteiger partial charge in [0.05, 0.1) is 30.3 Å². The first-order chi connectivity index (χ1) is 13.5. The molecule has 2 rings (SSSR count). The van der Waals surface area contributed by atoms with Gasteiger partial charge in [0.2, 0.25) is 0 Å². The number of methoxy groups -OCH3 is 1. The average molecular weight is 382 g/mol. The number of nitriles is 1. The van der Waals surface area contributed by atoms with E-state index in [1.165, 1.54) is 31.4 Å². The Morgan fingerprint density at radius 1 is 1.21 bits per heavy atom. The van der Waals surface area contributed by atoms with Gasteiger partial charge in [-0.3, -0.25) is 10.1 Å². The van der Waals surface area contributed by atoms with Gasteiger partial charge in [-0.05, 0) is 48.4 Å². The van der Waals surface area contributed by atoms with Crippen LogP contribution in [0.25, 0.3) is 11.6 Å². The highest BCUT2D eigenvalue weighted by atomic mass is 16.6. The van der Waals surface area contributed by atoms with Gasteiger partial charge in [-0.15, -0.1) is 0 Å². The topological polar surface area (TPSA) is 112 Å². The van der Waals surface area contributed by atoms with E-state index in [-0.39, 0.29) is 18.9 Å². The lowest BCUT2D eigenvalue weighted by Crippen LogP contribution is -2.14. The second-order valence-corrected chi connectivity index (χ2v) is 5.48. The van der Waals surface area contributed by atoms with Crippen LogP contribution in [-0.4, -0.2) is 31.2 Å². The third-order valence-electron chi connectivity index (χ3n) is 3.66. The molecule has 0 unspecified atom stereocenters. The highest BCUT2D eigenvalue weighted by molar-refractivity contribution is 5.90. The van der Waals surface area contributed by atoms with Crippen molar-refractivity contribution in [2.45, 2.75) is 6.92 Å². The highest BCUT2D eigenvalue weighted by Crippen LogP contribution is 2.30. The molecule has 0 atom stereocenters. The maximum atomic E-state index is 11.4. The Hall–Kier alpha value is -3.86. The molecule has 28 heavy (non-hydrogen) atoms. The second-order valence-electron chi connectivity index (χ2n) is 5.48. The molecule has 0 saturated heterocycles.